The minimum Gasteiger partial charge on any atom is -0.454 e. The molecule has 0 aliphatic carbocycles. The molecule has 2 aromatic carbocycles. The van der Waals surface area contributed by atoms with Crippen LogP contribution in [0, 0.1) is 19.7 Å². The Morgan fingerprint density at radius 3 is 2.32 bits per heavy atom. The highest BCUT2D eigenvalue weighted by Gasteiger charge is 2.10. The minimum atomic E-state index is -0.571. The molecule has 0 unspecified atom stereocenters. The van der Waals surface area contributed by atoms with Gasteiger partial charge < -0.3 is 4.74 Å². The normalized spacial score (nSPS) is 10.3. The molecule has 0 radical (unpaired) electrons. The molecule has 2 aromatic rings. The molecular weight excluding hydrogens is 267 g/mol. The lowest BCUT2D eigenvalue weighted by molar-refractivity contribution is 0.112. The zero-order chi connectivity index (χ0) is 14.0. The maximum Gasteiger partial charge on any atom is 0.166 e. The molecule has 4 heteroatoms. The first-order valence-electron chi connectivity index (χ1n) is 5.70. The van der Waals surface area contributed by atoms with Crippen molar-refractivity contribution in [3.63, 3.8) is 0 Å². The van der Waals surface area contributed by atoms with Crippen molar-refractivity contribution in [2.75, 3.05) is 0 Å². The Labute approximate surface area is 115 Å². The van der Waals surface area contributed by atoms with Crippen LogP contribution in [0.5, 0.6) is 11.5 Å². The van der Waals surface area contributed by atoms with Crippen LogP contribution in [0.15, 0.2) is 30.3 Å². The molecule has 0 atom stereocenters. The smallest absolute Gasteiger partial charge is 0.166 e. The van der Waals surface area contributed by atoms with Gasteiger partial charge in [0.25, 0.3) is 0 Å². The van der Waals surface area contributed by atoms with Crippen LogP contribution in [0.25, 0.3) is 0 Å². The van der Waals surface area contributed by atoms with Crippen molar-refractivity contribution in [1.82, 2.24) is 0 Å². The maximum atomic E-state index is 13.8. The SMILES string of the molecule is Cc1cc(Cl)cc(C)c1Oc1ccc(C=O)cc1F. The third kappa shape index (κ3) is 2.93. The summed E-state index contributed by atoms with van der Waals surface area (Å²) in [6, 6.07) is 7.59. The van der Waals surface area contributed by atoms with Crippen molar-refractivity contribution in [3.8, 4) is 11.5 Å². The highest BCUT2D eigenvalue weighted by molar-refractivity contribution is 6.30. The van der Waals surface area contributed by atoms with E-state index in [1.54, 1.807) is 12.1 Å². The molecular formula is C15H12ClFO2. The van der Waals surface area contributed by atoms with E-state index in [1.807, 2.05) is 13.8 Å². The summed E-state index contributed by atoms with van der Waals surface area (Å²) < 4.78 is 19.3. The zero-order valence-electron chi connectivity index (χ0n) is 10.5. The third-order valence-corrected chi connectivity index (χ3v) is 2.95. The molecule has 98 valence electrons. The van der Waals surface area contributed by atoms with Crippen molar-refractivity contribution in [1.29, 1.82) is 0 Å². The molecule has 0 amide bonds. The van der Waals surface area contributed by atoms with Gasteiger partial charge in [0, 0.05) is 10.6 Å². The first-order chi connectivity index (χ1) is 9.01. The van der Waals surface area contributed by atoms with E-state index in [1.165, 1.54) is 12.1 Å². The molecule has 0 saturated carbocycles. The van der Waals surface area contributed by atoms with E-state index in [-0.39, 0.29) is 11.3 Å². The van der Waals surface area contributed by atoms with E-state index in [0.29, 0.717) is 17.1 Å². The number of hydrogen-bond acceptors (Lipinski definition) is 2. The predicted molar refractivity (Wildman–Crippen MR) is 72.8 cm³/mol. The van der Waals surface area contributed by atoms with Gasteiger partial charge in [-0.3, -0.25) is 4.79 Å². The van der Waals surface area contributed by atoms with Gasteiger partial charge in [-0.15, -0.1) is 0 Å². The quantitative estimate of drug-likeness (QED) is 0.761. The minimum absolute atomic E-state index is 0.0825. The average Bonchev–Trinajstić information content (AvgIpc) is 2.35. The monoisotopic (exact) mass is 278 g/mol. The standard InChI is InChI=1S/C15H12ClFO2/c1-9-5-12(16)6-10(2)15(9)19-14-4-3-11(8-18)7-13(14)17/h3-8H,1-2H3. The Hall–Kier alpha value is -1.87. The van der Waals surface area contributed by atoms with Gasteiger partial charge in [-0.05, 0) is 55.3 Å². The van der Waals surface area contributed by atoms with Crippen molar-refractivity contribution in [2.24, 2.45) is 0 Å². The van der Waals surface area contributed by atoms with Crippen LogP contribution in [-0.2, 0) is 0 Å². The second-order valence-electron chi connectivity index (χ2n) is 4.28. The summed E-state index contributed by atoms with van der Waals surface area (Å²) in [7, 11) is 0. The van der Waals surface area contributed by atoms with E-state index in [2.05, 4.69) is 0 Å². The average molecular weight is 279 g/mol. The molecule has 19 heavy (non-hydrogen) atoms. The van der Waals surface area contributed by atoms with Crippen LogP contribution < -0.4 is 4.74 Å². The Kier molecular flexibility index (Phi) is 3.86. The molecule has 2 nitrogen and oxygen atoms in total. The van der Waals surface area contributed by atoms with Gasteiger partial charge in [0.1, 0.15) is 12.0 Å². The molecule has 0 aromatic heterocycles. The number of aldehydes is 1. The number of carbonyl (C=O) groups excluding carboxylic acids is 1. The number of carbonyl (C=O) groups is 1. The lowest BCUT2D eigenvalue weighted by Crippen LogP contribution is -1.94. The number of aryl methyl sites for hydroxylation is 2. The highest BCUT2D eigenvalue weighted by Crippen LogP contribution is 2.32. The Morgan fingerprint density at radius 2 is 1.79 bits per heavy atom. The van der Waals surface area contributed by atoms with E-state index in [0.717, 1.165) is 17.2 Å². The van der Waals surface area contributed by atoms with Crippen LogP contribution in [0.3, 0.4) is 0 Å². The van der Waals surface area contributed by atoms with Gasteiger partial charge in [0.15, 0.2) is 11.6 Å². The first-order valence-corrected chi connectivity index (χ1v) is 6.08. The lowest BCUT2D eigenvalue weighted by Gasteiger charge is -2.13. The van der Waals surface area contributed by atoms with Crippen LogP contribution in [-0.4, -0.2) is 6.29 Å². The summed E-state index contributed by atoms with van der Waals surface area (Å²) in [6.07, 6.45) is 0.589. The molecule has 0 N–H and O–H groups in total. The largest absolute Gasteiger partial charge is 0.454 e. The Balaban J connectivity index is 2.39. The summed E-state index contributed by atoms with van der Waals surface area (Å²) in [5.41, 5.74) is 1.92. The summed E-state index contributed by atoms with van der Waals surface area (Å²) in [5.74, 6) is 0.0830. The van der Waals surface area contributed by atoms with E-state index >= 15 is 0 Å². The van der Waals surface area contributed by atoms with E-state index in [4.69, 9.17) is 16.3 Å². The molecule has 2 rings (SSSR count). The number of benzene rings is 2. The van der Waals surface area contributed by atoms with Gasteiger partial charge in [-0.25, -0.2) is 4.39 Å². The second-order valence-corrected chi connectivity index (χ2v) is 4.71. The lowest BCUT2D eigenvalue weighted by atomic mass is 10.1. The molecule has 0 saturated heterocycles. The van der Waals surface area contributed by atoms with E-state index in [9.17, 15) is 9.18 Å². The summed E-state index contributed by atoms with van der Waals surface area (Å²) >= 11 is 5.93. The van der Waals surface area contributed by atoms with Gasteiger partial charge >= 0.3 is 0 Å². The van der Waals surface area contributed by atoms with Crippen LogP contribution in [0.1, 0.15) is 21.5 Å². The van der Waals surface area contributed by atoms with E-state index < -0.39 is 5.82 Å². The van der Waals surface area contributed by atoms with Crippen molar-refractivity contribution in [2.45, 2.75) is 13.8 Å². The fourth-order valence-electron chi connectivity index (χ4n) is 1.84. The Morgan fingerprint density at radius 1 is 1.16 bits per heavy atom. The first kappa shape index (κ1) is 13.6. The van der Waals surface area contributed by atoms with Gasteiger partial charge in [-0.1, -0.05) is 11.6 Å². The summed E-state index contributed by atoms with van der Waals surface area (Å²) in [5, 5.41) is 0.610. The summed E-state index contributed by atoms with van der Waals surface area (Å²) in [4.78, 5) is 10.6. The van der Waals surface area contributed by atoms with Crippen LogP contribution in [0.2, 0.25) is 5.02 Å². The van der Waals surface area contributed by atoms with Crippen molar-refractivity contribution in [3.05, 3.63) is 57.9 Å². The van der Waals surface area contributed by atoms with Gasteiger partial charge in [0.05, 0.1) is 0 Å². The fourth-order valence-corrected chi connectivity index (χ4v) is 2.17. The van der Waals surface area contributed by atoms with Gasteiger partial charge in [0.2, 0.25) is 0 Å². The van der Waals surface area contributed by atoms with Crippen LogP contribution in [0.4, 0.5) is 4.39 Å². The van der Waals surface area contributed by atoms with Gasteiger partial charge in [-0.2, -0.15) is 0 Å². The van der Waals surface area contributed by atoms with Crippen molar-refractivity contribution < 1.29 is 13.9 Å². The second kappa shape index (κ2) is 5.41. The van der Waals surface area contributed by atoms with Crippen molar-refractivity contribution >= 4 is 17.9 Å². The molecule has 0 spiro atoms. The van der Waals surface area contributed by atoms with Crippen LogP contribution >= 0.6 is 11.6 Å². The molecule has 0 bridgehead atoms. The topological polar surface area (TPSA) is 26.3 Å². The maximum absolute atomic E-state index is 13.8. The highest BCUT2D eigenvalue weighted by atomic mass is 35.5. The molecule has 0 heterocycles. The summed E-state index contributed by atoms with van der Waals surface area (Å²) in [6.45, 7) is 3.68. The number of ether oxygens (including phenoxy) is 1. The fraction of sp³-hybridized carbons (Fsp3) is 0.133. The number of hydrogen-bond donors (Lipinski definition) is 0. The molecule has 0 aliphatic rings. The third-order valence-electron chi connectivity index (χ3n) is 2.73. The zero-order valence-corrected chi connectivity index (χ0v) is 11.3. The molecule has 0 aliphatic heterocycles. The Bertz CT molecular complexity index is 615. The molecule has 0 fully saturated rings. The predicted octanol–water partition coefficient (Wildman–Crippen LogP) is 4.70. The number of rotatable bonds is 3. The number of halogens is 2.